The average Bonchev–Trinajstić information content (AvgIpc) is 2.81. The second-order valence-electron chi connectivity index (χ2n) is 4.54. The van der Waals surface area contributed by atoms with Crippen LogP contribution in [0.2, 0.25) is 0 Å². The Morgan fingerprint density at radius 3 is 2.75 bits per heavy atom. The number of nitrogens with one attached hydrogen (secondary N) is 1. The molecule has 110 valence electrons. The summed E-state index contributed by atoms with van der Waals surface area (Å²) < 4.78 is 0.953. The molecule has 2 aromatic rings. The Kier molecular flexibility index (Phi) is 5.85. The van der Waals surface area contributed by atoms with Gasteiger partial charge < -0.3 is 11.1 Å². The molecule has 7 heteroatoms. The first-order valence-corrected chi connectivity index (χ1v) is 8.85. The molecule has 0 bridgehead atoms. The SMILES string of the molecule is CCCCCSc1nc(NCCC)c2sc(N)nc2n1. The van der Waals surface area contributed by atoms with E-state index in [-0.39, 0.29) is 0 Å². The second kappa shape index (κ2) is 7.64. The smallest absolute Gasteiger partial charge is 0.191 e. The zero-order chi connectivity index (χ0) is 14.4. The predicted octanol–water partition coefficient (Wildman–Crippen LogP) is 3.77. The molecular formula is C13H21N5S2. The summed E-state index contributed by atoms with van der Waals surface area (Å²) in [7, 11) is 0. The van der Waals surface area contributed by atoms with Gasteiger partial charge in [0.25, 0.3) is 0 Å². The number of anilines is 2. The predicted molar refractivity (Wildman–Crippen MR) is 88.7 cm³/mol. The highest BCUT2D eigenvalue weighted by atomic mass is 32.2. The normalized spacial score (nSPS) is 11.1. The maximum atomic E-state index is 5.78. The van der Waals surface area contributed by atoms with Gasteiger partial charge >= 0.3 is 0 Å². The number of hydrogen-bond acceptors (Lipinski definition) is 7. The zero-order valence-corrected chi connectivity index (χ0v) is 13.6. The lowest BCUT2D eigenvalue weighted by Gasteiger charge is -2.06. The molecule has 0 amide bonds. The number of nitrogens with two attached hydrogens (primary N) is 1. The van der Waals surface area contributed by atoms with Crippen molar-refractivity contribution in [3.8, 4) is 0 Å². The first-order chi connectivity index (χ1) is 9.74. The van der Waals surface area contributed by atoms with Gasteiger partial charge in [-0.15, -0.1) is 0 Å². The third kappa shape index (κ3) is 3.96. The van der Waals surface area contributed by atoms with Crippen LogP contribution in [0.25, 0.3) is 10.3 Å². The van der Waals surface area contributed by atoms with E-state index in [0.717, 1.165) is 34.4 Å². The number of hydrogen-bond donors (Lipinski definition) is 2. The summed E-state index contributed by atoms with van der Waals surface area (Å²) in [5.74, 6) is 1.91. The number of rotatable bonds is 8. The van der Waals surface area contributed by atoms with Crippen LogP contribution in [0.3, 0.4) is 0 Å². The summed E-state index contributed by atoms with van der Waals surface area (Å²) in [5, 5.41) is 4.68. The average molecular weight is 311 g/mol. The van der Waals surface area contributed by atoms with Gasteiger partial charge in [-0.1, -0.05) is 49.8 Å². The topological polar surface area (TPSA) is 76.7 Å². The van der Waals surface area contributed by atoms with Crippen LogP contribution in [-0.2, 0) is 0 Å². The van der Waals surface area contributed by atoms with Crippen molar-refractivity contribution in [1.29, 1.82) is 0 Å². The number of unbranched alkanes of at least 4 members (excludes halogenated alkanes) is 2. The molecule has 0 radical (unpaired) electrons. The van der Waals surface area contributed by atoms with Crippen LogP contribution >= 0.6 is 23.1 Å². The zero-order valence-electron chi connectivity index (χ0n) is 12.0. The summed E-state index contributed by atoms with van der Waals surface area (Å²) in [6.07, 6.45) is 4.73. The number of nitrogens with zero attached hydrogens (tertiary/aromatic N) is 3. The maximum absolute atomic E-state index is 5.78. The number of thioether (sulfide) groups is 1. The molecule has 0 atom stereocenters. The number of nitrogen functional groups attached to an aromatic ring is 1. The minimum atomic E-state index is 0.544. The Morgan fingerprint density at radius 1 is 1.15 bits per heavy atom. The lowest BCUT2D eigenvalue weighted by atomic mass is 10.3. The summed E-state index contributed by atoms with van der Waals surface area (Å²) in [6.45, 7) is 5.23. The van der Waals surface area contributed by atoms with Crippen LogP contribution in [-0.4, -0.2) is 27.2 Å². The van der Waals surface area contributed by atoms with E-state index >= 15 is 0 Å². The van der Waals surface area contributed by atoms with Gasteiger partial charge in [0.2, 0.25) is 0 Å². The van der Waals surface area contributed by atoms with Crippen LogP contribution in [0, 0.1) is 0 Å². The molecule has 0 unspecified atom stereocenters. The van der Waals surface area contributed by atoms with Gasteiger partial charge in [-0.25, -0.2) is 15.0 Å². The number of fused-ring (bicyclic) bond motifs is 1. The summed E-state index contributed by atoms with van der Waals surface area (Å²) in [6, 6.07) is 0. The first-order valence-electron chi connectivity index (χ1n) is 7.05. The fourth-order valence-corrected chi connectivity index (χ4v) is 3.34. The van der Waals surface area contributed by atoms with E-state index in [0.29, 0.717) is 10.8 Å². The summed E-state index contributed by atoms with van der Waals surface area (Å²) in [4.78, 5) is 13.4. The molecule has 5 nitrogen and oxygen atoms in total. The fraction of sp³-hybridized carbons (Fsp3) is 0.615. The van der Waals surface area contributed by atoms with E-state index in [9.17, 15) is 0 Å². The fourth-order valence-electron chi connectivity index (χ4n) is 1.76. The van der Waals surface area contributed by atoms with Crippen molar-refractivity contribution < 1.29 is 0 Å². The second-order valence-corrected chi connectivity index (χ2v) is 6.63. The van der Waals surface area contributed by atoms with Gasteiger partial charge in [0.15, 0.2) is 21.8 Å². The van der Waals surface area contributed by atoms with Crippen molar-refractivity contribution in [2.75, 3.05) is 23.3 Å². The van der Waals surface area contributed by atoms with Gasteiger partial charge in [0.1, 0.15) is 4.70 Å². The molecule has 0 aromatic carbocycles. The molecule has 0 aliphatic rings. The summed E-state index contributed by atoms with van der Waals surface area (Å²) in [5.41, 5.74) is 6.49. The lowest BCUT2D eigenvalue weighted by Crippen LogP contribution is -2.03. The van der Waals surface area contributed by atoms with Gasteiger partial charge in [-0.3, -0.25) is 0 Å². The van der Waals surface area contributed by atoms with E-state index in [2.05, 4.69) is 34.1 Å². The third-order valence-corrected chi connectivity index (χ3v) is 4.59. The molecule has 2 heterocycles. The highest BCUT2D eigenvalue weighted by Gasteiger charge is 2.12. The molecule has 3 N–H and O–H groups in total. The summed E-state index contributed by atoms with van der Waals surface area (Å²) >= 11 is 3.13. The van der Waals surface area contributed by atoms with E-state index in [1.165, 1.54) is 30.6 Å². The highest BCUT2D eigenvalue weighted by molar-refractivity contribution is 7.99. The third-order valence-electron chi connectivity index (χ3n) is 2.77. The molecule has 0 aliphatic carbocycles. The monoisotopic (exact) mass is 311 g/mol. The Labute approximate surface area is 127 Å². The first kappa shape index (κ1) is 15.3. The van der Waals surface area contributed by atoms with Crippen LogP contribution in [0.4, 0.5) is 10.9 Å². The molecule has 2 rings (SSSR count). The number of aromatic nitrogens is 3. The largest absolute Gasteiger partial charge is 0.375 e. The molecule has 2 aromatic heterocycles. The van der Waals surface area contributed by atoms with Crippen molar-refractivity contribution in [1.82, 2.24) is 15.0 Å². The van der Waals surface area contributed by atoms with Gasteiger partial charge in [-0.2, -0.15) is 0 Å². The highest BCUT2D eigenvalue weighted by Crippen LogP contribution is 2.30. The Hall–Kier alpha value is -1.08. The van der Waals surface area contributed by atoms with E-state index in [4.69, 9.17) is 5.73 Å². The minimum absolute atomic E-state index is 0.544. The van der Waals surface area contributed by atoms with Crippen LogP contribution in [0.1, 0.15) is 39.5 Å². The van der Waals surface area contributed by atoms with Crippen molar-refractivity contribution in [3.05, 3.63) is 0 Å². The standard InChI is InChI=1S/C13H21N5S2/c1-3-5-6-8-19-13-17-10(15-7-4-2)9-11(18-13)16-12(14)20-9/h3-8H2,1-2H3,(H3,14,15,16,17,18). The van der Waals surface area contributed by atoms with Crippen LogP contribution in [0.5, 0.6) is 0 Å². The van der Waals surface area contributed by atoms with E-state index in [1.807, 2.05) is 0 Å². The molecule has 0 aliphatic heterocycles. The van der Waals surface area contributed by atoms with Crippen molar-refractivity contribution in [3.63, 3.8) is 0 Å². The Balaban J connectivity index is 2.17. The van der Waals surface area contributed by atoms with E-state index in [1.54, 1.807) is 11.8 Å². The van der Waals surface area contributed by atoms with Gasteiger partial charge in [0.05, 0.1) is 0 Å². The number of thiazole rings is 1. The molecule has 0 saturated heterocycles. The van der Waals surface area contributed by atoms with Crippen LogP contribution < -0.4 is 11.1 Å². The molecular weight excluding hydrogens is 290 g/mol. The van der Waals surface area contributed by atoms with Crippen molar-refractivity contribution in [2.45, 2.75) is 44.7 Å². The van der Waals surface area contributed by atoms with Crippen molar-refractivity contribution >= 4 is 44.4 Å². The Morgan fingerprint density at radius 2 is 2.00 bits per heavy atom. The molecule has 0 spiro atoms. The van der Waals surface area contributed by atoms with Gasteiger partial charge in [0, 0.05) is 12.3 Å². The van der Waals surface area contributed by atoms with Gasteiger partial charge in [-0.05, 0) is 12.8 Å². The van der Waals surface area contributed by atoms with E-state index < -0.39 is 0 Å². The van der Waals surface area contributed by atoms with Crippen LogP contribution in [0.15, 0.2) is 5.16 Å². The molecule has 0 saturated carbocycles. The lowest BCUT2D eigenvalue weighted by molar-refractivity contribution is 0.777. The minimum Gasteiger partial charge on any atom is -0.375 e. The Bertz CT molecular complexity index is 555. The quantitative estimate of drug-likeness (QED) is 0.439. The molecule has 0 fully saturated rings. The van der Waals surface area contributed by atoms with Crippen molar-refractivity contribution in [2.24, 2.45) is 0 Å². The maximum Gasteiger partial charge on any atom is 0.191 e. The molecule has 20 heavy (non-hydrogen) atoms.